The molecule has 3 radical (unpaired) electrons. The van der Waals surface area contributed by atoms with Crippen molar-refractivity contribution in [2.75, 3.05) is 0 Å². The summed E-state index contributed by atoms with van der Waals surface area (Å²) in [5.74, 6) is 0. The molecule has 0 spiro atoms. The summed E-state index contributed by atoms with van der Waals surface area (Å²) in [4.78, 5) is 31.5. The van der Waals surface area contributed by atoms with E-state index in [1.54, 1.807) is 0 Å². The maximum atomic E-state index is 12.8. The normalized spacial score (nSPS) is 54.1. The summed E-state index contributed by atoms with van der Waals surface area (Å²) in [5, 5.41) is 0. The zero-order valence-electron chi connectivity index (χ0n) is 13.0. The first-order valence-electron chi connectivity index (χ1n) is 7.10. The third kappa shape index (κ3) is 2.43. The van der Waals surface area contributed by atoms with Gasteiger partial charge in [-0.3, -0.25) is 7.74 Å². The van der Waals surface area contributed by atoms with Crippen LogP contribution >= 0.6 is 0 Å². The fraction of sp³-hybridized carbons (Fsp3) is 1.00. The van der Waals surface area contributed by atoms with E-state index in [1.165, 1.54) is 0 Å². The summed E-state index contributed by atoms with van der Waals surface area (Å²) in [6, 6.07) is 0. The van der Waals surface area contributed by atoms with Crippen molar-refractivity contribution in [2.24, 2.45) is 0 Å². The van der Waals surface area contributed by atoms with Crippen LogP contribution in [-0.2, 0) is 21.7 Å². The average Bonchev–Trinajstić information content (AvgIpc) is 2.21. The molecule has 4 rings (SSSR count). The maximum Gasteiger partial charge on any atom is 0.477 e. The third-order valence-electron chi connectivity index (χ3n) is 4.85. The van der Waals surface area contributed by atoms with Gasteiger partial charge in [-0.25, -0.2) is 0 Å². The number of hydrogen-bond acceptors (Lipinski definition) is 6. The molecule has 0 aromatic rings. The molecule has 6 atom stereocenters. The van der Waals surface area contributed by atoms with Gasteiger partial charge in [0.15, 0.2) is 16.6 Å². The smallest absolute Gasteiger partial charge is 0.470 e. The van der Waals surface area contributed by atoms with Crippen molar-refractivity contribution in [3.8, 4) is 0 Å². The fourth-order valence-electron chi connectivity index (χ4n) is 4.89. The van der Waals surface area contributed by atoms with Crippen LogP contribution < -0.4 is 0 Å². The standard InChI is InChI=1S/C8H21O7SSi6/c1-19(2,11)8-20(3,12)6-22(5-17-10)7-18-13-16(9,15-22)14-21(7,8)4/h7-8,10-12H,5-6H2,1-4H3. The van der Waals surface area contributed by atoms with Crippen LogP contribution in [0.1, 0.15) is 0 Å². The van der Waals surface area contributed by atoms with Crippen LogP contribution in [0.25, 0.3) is 0 Å². The topological polar surface area (TPSA) is 108 Å². The summed E-state index contributed by atoms with van der Waals surface area (Å²) < 4.78 is 29.9. The summed E-state index contributed by atoms with van der Waals surface area (Å²) >= 11 is 0. The van der Waals surface area contributed by atoms with Gasteiger partial charge in [-0.1, -0.05) is 4.79 Å². The minimum Gasteiger partial charge on any atom is -0.470 e. The van der Waals surface area contributed by atoms with Crippen LogP contribution in [-0.4, -0.2) is 71.4 Å². The van der Waals surface area contributed by atoms with Gasteiger partial charge in [-0.05, 0) is 37.5 Å². The highest BCUT2D eigenvalue weighted by molar-refractivity contribution is 7.86. The lowest BCUT2D eigenvalue weighted by atomic mass is 11.7. The summed E-state index contributed by atoms with van der Waals surface area (Å²) in [6.07, 6.45) is 0. The zero-order chi connectivity index (χ0) is 16.6. The lowest BCUT2D eigenvalue weighted by Gasteiger charge is -2.63. The van der Waals surface area contributed by atoms with Gasteiger partial charge in [0, 0.05) is 4.79 Å². The highest BCUT2D eigenvalue weighted by Gasteiger charge is 2.77. The molecule has 22 heavy (non-hydrogen) atoms. The summed E-state index contributed by atoms with van der Waals surface area (Å²) in [6.45, 7) is 7.54. The van der Waals surface area contributed by atoms with Gasteiger partial charge in [0.1, 0.15) is 0 Å². The van der Waals surface area contributed by atoms with Crippen LogP contribution in [0.3, 0.4) is 0 Å². The van der Waals surface area contributed by atoms with E-state index < -0.39 is 43.7 Å². The summed E-state index contributed by atoms with van der Waals surface area (Å²) in [7, 11) is -14.3. The molecular formula is C8H21O7SSi6. The monoisotopic (exact) mass is 429 g/mol. The highest BCUT2D eigenvalue weighted by atomic mass is 32.3. The van der Waals surface area contributed by atoms with E-state index in [2.05, 4.69) is 0 Å². The molecule has 2 fully saturated rings. The molecule has 4 aliphatic rings. The molecule has 6 unspecified atom stereocenters. The molecule has 4 aliphatic heterocycles. The molecule has 0 aliphatic carbocycles. The van der Waals surface area contributed by atoms with Crippen molar-refractivity contribution in [3.63, 3.8) is 0 Å². The SMILES string of the molecule is C[Si](C)(O)C1[Si](C)(O)C[Si]2(C[Si]O)OS3(=O)=[O+][Si-]C2[Si]1(C)O3. The lowest BCUT2D eigenvalue weighted by Crippen LogP contribution is -2.81. The van der Waals surface area contributed by atoms with Gasteiger partial charge >= 0.3 is 10.4 Å². The number of rotatable bonds is 3. The second kappa shape index (κ2) is 5.04. The van der Waals surface area contributed by atoms with E-state index in [4.69, 9.17) is 11.3 Å². The van der Waals surface area contributed by atoms with Crippen LogP contribution in [0.15, 0.2) is 0 Å². The van der Waals surface area contributed by atoms with E-state index >= 15 is 0 Å². The Morgan fingerprint density at radius 1 is 1.45 bits per heavy atom. The molecule has 4 bridgehead atoms. The number of hydrogen-bond donors (Lipinski definition) is 3. The van der Waals surface area contributed by atoms with Gasteiger partial charge in [0.25, 0.3) is 0 Å². The van der Waals surface area contributed by atoms with E-state index in [1.807, 2.05) is 26.2 Å². The predicted molar refractivity (Wildman–Crippen MR) is 92.7 cm³/mol. The average molecular weight is 430 g/mol. The Balaban J connectivity index is 2.20. The van der Waals surface area contributed by atoms with E-state index in [0.717, 1.165) is 0 Å². The van der Waals surface area contributed by atoms with E-state index in [0.29, 0.717) is 11.3 Å². The minimum atomic E-state index is -3.25. The predicted octanol–water partition coefficient (Wildman–Crippen LogP) is -0.615. The molecular weight excluding hydrogens is 409 g/mol. The quantitative estimate of drug-likeness (QED) is 0.408. The van der Waals surface area contributed by atoms with Crippen molar-refractivity contribution in [1.29, 1.82) is 0 Å². The third-order valence-corrected chi connectivity index (χ3v) is 43.7. The Labute approximate surface area is 140 Å². The Morgan fingerprint density at radius 3 is 2.59 bits per heavy atom. The van der Waals surface area contributed by atoms with Gasteiger partial charge in [-0.15, -0.1) is 4.21 Å². The second-order valence-electron chi connectivity index (χ2n) is 7.41. The molecule has 125 valence electrons. The first-order chi connectivity index (χ1) is 9.89. The van der Waals surface area contributed by atoms with Gasteiger partial charge in [0.05, 0.1) is 0 Å². The molecule has 0 saturated carbocycles. The maximum absolute atomic E-state index is 12.8. The van der Waals surface area contributed by atoms with Gasteiger partial charge in [0.2, 0.25) is 36.2 Å². The molecule has 0 amide bonds. The van der Waals surface area contributed by atoms with Crippen LogP contribution in [0.2, 0.25) is 47.1 Å². The fourth-order valence-corrected chi connectivity index (χ4v) is 59.1. The number of fused-ring (bicyclic) bond motifs is 1. The van der Waals surface area contributed by atoms with Crippen molar-refractivity contribution in [1.82, 2.24) is 0 Å². The molecule has 2 saturated heterocycles. The first-order valence-corrected chi connectivity index (χ1v) is 21.3. The Hall–Kier alpha value is 1.05. The van der Waals surface area contributed by atoms with Gasteiger partial charge in [-0.2, -0.15) is 0 Å². The van der Waals surface area contributed by atoms with Crippen LogP contribution in [0.4, 0.5) is 0 Å². The molecule has 14 heteroatoms. The Morgan fingerprint density at radius 2 is 2.09 bits per heavy atom. The molecule has 7 nitrogen and oxygen atoms in total. The van der Waals surface area contributed by atoms with E-state index in [-0.39, 0.29) is 29.1 Å². The zero-order valence-corrected chi connectivity index (χ0v) is 19.8. The molecule has 3 N–H and O–H groups in total. The lowest BCUT2D eigenvalue weighted by molar-refractivity contribution is 0.250. The Kier molecular flexibility index (Phi) is 4.09. The van der Waals surface area contributed by atoms with Gasteiger partial charge < -0.3 is 17.9 Å². The first kappa shape index (κ1) is 17.9. The molecule has 0 aromatic carbocycles. The molecule has 4 heterocycles. The summed E-state index contributed by atoms with van der Waals surface area (Å²) in [5.41, 5.74) is 0.999. The van der Waals surface area contributed by atoms with Crippen molar-refractivity contribution in [2.45, 2.75) is 47.1 Å². The second-order valence-corrected chi connectivity index (χ2v) is 31.1. The van der Waals surface area contributed by atoms with Crippen molar-refractivity contribution >= 4 is 63.2 Å². The van der Waals surface area contributed by atoms with E-state index in [9.17, 15) is 18.6 Å². The minimum absolute atomic E-state index is 0.0390. The Bertz CT molecular complexity index is 615. The molecule has 0 aromatic heterocycles. The van der Waals surface area contributed by atoms with Crippen LogP contribution in [0.5, 0.6) is 0 Å². The van der Waals surface area contributed by atoms with Crippen molar-refractivity contribution in [3.05, 3.63) is 0 Å². The van der Waals surface area contributed by atoms with Crippen molar-refractivity contribution < 1.29 is 29.9 Å². The largest absolute Gasteiger partial charge is 0.477 e. The highest BCUT2D eigenvalue weighted by Crippen LogP contribution is 2.60. The van der Waals surface area contributed by atoms with Crippen LogP contribution in [0, 0.1) is 0 Å².